The van der Waals surface area contributed by atoms with Gasteiger partial charge in [0.05, 0.1) is 42.6 Å². The van der Waals surface area contributed by atoms with Gasteiger partial charge in [-0.15, -0.1) is 11.3 Å². The van der Waals surface area contributed by atoms with Crippen molar-refractivity contribution in [3.63, 3.8) is 0 Å². The van der Waals surface area contributed by atoms with Crippen LogP contribution in [0.15, 0.2) is 42.3 Å². The molecule has 0 aliphatic carbocycles. The molecule has 0 unspecified atom stereocenters. The number of amides is 2. The van der Waals surface area contributed by atoms with Crippen molar-refractivity contribution in [2.24, 2.45) is 7.05 Å². The molecule has 32 heavy (non-hydrogen) atoms. The summed E-state index contributed by atoms with van der Waals surface area (Å²) in [5, 5.41) is 6.99. The monoisotopic (exact) mass is 454 g/mol. The van der Waals surface area contributed by atoms with Crippen LogP contribution in [0.5, 0.6) is 0 Å². The summed E-state index contributed by atoms with van der Waals surface area (Å²) in [4.78, 5) is 37.9. The standard InChI is InChI=1S/C22H26N6O3S/c1-16-25-19(15-32-16)6-21(29)28-12-20(31-14-17-4-3-5-23-7-17)11-27(22(30)13-28)10-18-8-24-26(2)9-18/h3-5,7-9,15,20H,6,10-14H2,1-2H3/t20-/m1/s1. The van der Waals surface area contributed by atoms with Crippen molar-refractivity contribution in [3.8, 4) is 0 Å². The van der Waals surface area contributed by atoms with Crippen LogP contribution in [0.2, 0.25) is 0 Å². The fourth-order valence-corrected chi connectivity index (χ4v) is 4.27. The highest BCUT2D eigenvalue weighted by atomic mass is 32.1. The maximum absolute atomic E-state index is 13.0. The van der Waals surface area contributed by atoms with E-state index in [0.29, 0.717) is 26.2 Å². The van der Waals surface area contributed by atoms with Gasteiger partial charge in [0.15, 0.2) is 0 Å². The van der Waals surface area contributed by atoms with Crippen molar-refractivity contribution in [1.29, 1.82) is 0 Å². The number of pyridine rings is 1. The van der Waals surface area contributed by atoms with Crippen LogP contribution in [0, 0.1) is 6.92 Å². The van der Waals surface area contributed by atoms with E-state index in [-0.39, 0.29) is 30.9 Å². The number of ether oxygens (including phenoxy) is 1. The van der Waals surface area contributed by atoms with Gasteiger partial charge in [0.1, 0.15) is 0 Å². The molecule has 4 heterocycles. The van der Waals surface area contributed by atoms with Gasteiger partial charge in [-0.1, -0.05) is 6.07 Å². The van der Waals surface area contributed by atoms with Crippen molar-refractivity contribution in [2.75, 3.05) is 19.6 Å². The highest BCUT2D eigenvalue weighted by Gasteiger charge is 2.31. The quantitative estimate of drug-likeness (QED) is 0.538. The van der Waals surface area contributed by atoms with E-state index in [1.54, 1.807) is 33.1 Å². The lowest BCUT2D eigenvalue weighted by molar-refractivity contribution is -0.138. The summed E-state index contributed by atoms with van der Waals surface area (Å²) in [5.41, 5.74) is 2.61. The molecule has 9 nitrogen and oxygen atoms in total. The number of aromatic nitrogens is 4. The van der Waals surface area contributed by atoms with Crippen LogP contribution in [0.3, 0.4) is 0 Å². The average Bonchev–Trinajstić information content (AvgIpc) is 3.34. The Kier molecular flexibility index (Phi) is 6.91. The van der Waals surface area contributed by atoms with Gasteiger partial charge in [-0.3, -0.25) is 19.3 Å². The molecule has 3 aromatic heterocycles. The van der Waals surface area contributed by atoms with Crippen molar-refractivity contribution in [2.45, 2.75) is 32.6 Å². The minimum atomic E-state index is -0.320. The lowest BCUT2D eigenvalue weighted by Crippen LogP contribution is -2.40. The molecule has 0 spiro atoms. The summed E-state index contributed by atoms with van der Waals surface area (Å²) < 4.78 is 7.85. The molecule has 1 fully saturated rings. The molecule has 0 saturated carbocycles. The van der Waals surface area contributed by atoms with E-state index in [4.69, 9.17) is 4.74 Å². The van der Waals surface area contributed by atoms with Crippen LogP contribution in [0.1, 0.15) is 21.8 Å². The molecule has 10 heteroatoms. The number of carbonyl (C=O) groups is 2. The molecule has 0 aromatic carbocycles. The first-order valence-corrected chi connectivity index (χ1v) is 11.3. The molecule has 0 bridgehead atoms. The van der Waals surface area contributed by atoms with Crippen molar-refractivity contribution >= 4 is 23.2 Å². The number of hydrogen-bond acceptors (Lipinski definition) is 7. The predicted octanol–water partition coefficient (Wildman–Crippen LogP) is 1.58. The number of aryl methyl sites for hydroxylation is 2. The average molecular weight is 455 g/mol. The molecule has 0 N–H and O–H groups in total. The zero-order valence-electron chi connectivity index (χ0n) is 18.2. The van der Waals surface area contributed by atoms with Crippen molar-refractivity contribution in [1.82, 2.24) is 29.5 Å². The van der Waals surface area contributed by atoms with Crippen molar-refractivity contribution in [3.05, 3.63) is 64.1 Å². The third-order valence-electron chi connectivity index (χ3n) is 5.22. The Balaban J connectivity index is 1.48. The largest absolute Gasteiger partial charge is 0.370 e. The van der Waals surface area contributed by atoms with Crippen LogP contribution in [0.4, 0.5) is 0 Å². The third-order valence-corrected chi connectivity index (χ3v) is 6.04. The molecule has 1 atom stereocenters. The zero-order chi connectivity index (χ0) is 22.5. The Bertz CT molecular complexity index is 1070. The van der Waals surface area contributed by atoms with E-state index in [2.05, 4.69) is 15.1 Å². The lowest BCUT2D eigenvalue weighted by atomic mass is 10.2. The lowest BCUT2D eigenvalue weighted by Gasteiger charge is -2.24. The van der Waals surface area contributed by atoms with E-state index in [9.17, 15) is 9.59 Å². The van der Waals surface area contributed by atoms with E-state index in [0.717, 1.165) is 21.8 Å². The number of rotatable bonds is 7. The fraction of sp³-hybridized carbons (Fsp3) is 0.409. The molecule has 3 aromatic rings. The summed E-state index contributed by atoms with van der Waals surface area (Å²) in [6.45, 7) is 3.46. The Morgan fingerprint density at radius 2 is 2.16 bits per heavy atom. The van der Waals surface area contributed by atoms with Gasteiger partial charge in [-0.25, -0.2) is 4.98 Å². The maximum atomic E-state index is 13.0. The molecule has 0 radical (unpaired) electrons. The molecule has 2 amide bonds. The molecule has 168 valence electrons. The molecular weight excluding hydrogens is 428 g/mol. The second kappa shape index (κ2) is 10.0. The third kappa shape index (κ3) is 5.77. The van der Waals surface area contributed by atoms with Gasteiger partial charge in [-0.2, -0.15) is 5.10 Å². The summed E-state index contributed by atoms with van der Waals surface area (Å²) in [7, 11) is 1.84. The van der Waals surface area contributed by atoms with Gasteiger partial charge < -0.3 is 14.5 Å². The zero-order valence-corrected chi connectivity index (χ0v) is 19.0. The smallest absolute Gasteiger partial charge is 0.242 e. The predicted molar refractivity (Wildman–Crippen MR) is 119 cm³/mol. The Labute approximate surface area is 190 Å². The van der Waals surface area contributed by atoms with Crippen LogP contribution in [0.25, 0.3) is 0 Å². The van der Waals surface area contributed by atoms with Crippen LogP contribution in [-0.2, 0) is 40.9 Å². The maximum Gasteiger partial charge on any atom is 0.242 e. The minimum Gasteiger partial charge on any atom is -0.370 e. The highest BCUT2D eigenvalue weighted by Crippen LogP contribution is 2.16. The molecule has 1 aliphatic rings. The molecule has 1 saturated heterocycles. The van der Waals surface area contributed by atoms with Gasteiger partial charge in [0, 0.05) is 56.2 Å². The van der Waals surface area contributed by atoms with Gasteiger partial charge in [-0.05, 0) is 18.6 Å². The molecule has 1 aliphatic heterocycles. The first-order valence-electron chi connectivity index (χ1n) is 10.4. The fourth-order valence-electron chi connectivity index (χ4n) is 3.65. The van der Waals surface area contributed by atoms with E-state index >= 15 is 0 Å². The first kappa shape index (κ1) is 22.1. The van der Waals surface area contributed by atoms with Gasteiger partial charge >= 0.3 is 0 Å². The highest BCUT2D eigenvalue weighted by molar-refractivity contribution is 7.09. The summed E-state index contributed by atoms with van der Waals surface area (Å²) in [5.74, 6) is -0.231. The normalized spacial score (nSPS) is 16.9. The summed E-state index contributed by atoms with van der Waals surface area (Å²) in [6.07, 6.45) is 6.95. The number of carbonyl (C=O) groups excluding carboxylic acids is 2. The number of hydrogen-bond donors (Lipinski definition) is 0. The second-order valence-electron chi connectivity index (χ2n) is 7.90. The van der Waals surface area contributed by atoms with E-state index in [1.807, 2.05) is 37.7 Å². The van der Waals surface area contributed by atoms with E-state index < -0.39 is 0 Å². The van der Waals surface area contributed by atoms with Gasteiger partial charge in [0.2, 0.25) is 11.8 Å². The van der Waals surface area contributed by atoms with Gasteiger partial charge in [0.25, 0.3) is 0 Å². The van der Waals surface area contributed by atoms with Crippen LogP contribution in [-0.4, -0.2) is 67.1 Å². The number of nitrogens with zero attached hydrogens (tertiary/aromatic N) is 6. The second-order valence-corrected chi connectivity index (χ2v) is 8.96. The van der Waals surface area contributed by atoms with Crippen LogP contribution < -0.4 is 0 Å². The molecular formula is C22H26N6O3S. The topological polar surface area (TPSA) is 93.5 Å². The molecule has 4 rings (SSSR count). The summed E-state index contributed by atoms with van der Waals surface area (Å²) in [6, 6.07) is 3.80. The van der Waals surface area contributed by atoms with Crippen LogP contribution >= 0.6 is 11.3 Å². The minimum absolute atomic E-state index is 0.0228. The Morgan fingerprint density at radius 3 is 2.84 bits per heavy atom. The van der Waals surface area contributed by atoms with E-state index in [1.165, 1.54) is 11.3 Å². The first-order chi connectivity index (χ1) is 15.5. The van der Waals surface area contributed by atoms with Crippen molar-refractivity contribution < 1.29 is 14.3 Å². The SMILES string of the molecule is Cc1nc(CC(=O)N2CC(=O)N(Cc3cnn(C)c3)C[C@@H](OCc3cccnc3)C2)cs1. The Morgan fingerprint density at radius 1 is 1.28 bits per heavy atom. The Hall–Kier alpha value is -3.11. The summed E-state index contributed by atoms with van der Waals surface area (Å²) >= 11 is 1.51. The number of thiazole rings is 1.